The van der Waals surface area contributed by atoms with Crippen molar-refractivity contribution >= 4 is 0 Å². The summed E-state index contributed by atoms with van der Waals surface area (Å²) in [7, 11) is 0. The fraction of sp³-hybridized carbons (Fsp3) is 0.333. The molecule has 2 atom stereocenters. The Hall–Kier alpha value is -1.58. The zero-order chi connectivity index (χ0) is 13.1. The van der Waals surface area contributed by atoms with Gasteiger partial charge in [0.2, 0.25) is 0 Å². The molecule has 3 nitrogen and oxygen atoms in total. The third kappa shape index (κ3) is 2.63. The largest absolute Gasteiger partial charge is 0.464 e. The summed E-state index contributed by atoms with van der Waals surface area (Å²) in [5, 5.41) is 10.4. The summed E-state index contributed by atoms with van der Waals surface area (Å²) < 4.78 is 5.47. The molecule has 0 bridgehead atoms. The molecule has 18 heavy (non-hydrogen) atoms. The van der Waals surface area contributed by atoms with E-state index in [1.165, 1.54) is 0 Å². The number of nitrogens with two attached hydrogens (primary N) is 1. The number of aliphatic hydroxyl groups excluding tert-OH is 1. The average Bonchev–Trinajstić information content (AvgIpc) is 2.77. The predicted octanol–water partition coefficient (Wildman–Crippen LogP) is 2.67. The van der Waals surface area contributed by atoms with Gasteiger partial charge in [0.15, 0.2) is 0 Å². The van der Waals surface area contributed by atoms with Crippen molar-refractivity contribution in [1.82, 2.24) is 0 Å². The van der Waals surface area contributed by atoms with E-state index in [0.29, 0.717) is 12.3 Å². The molecule has 3 N–H and O–H groups in total. The summed E-state index contributed by atoms with van der Waals surface area (Å²) in [6, 6.07) is 11.7. The van der Waals surface area contributed by atoms with Gasteiger partial charge in [-0.1, -0.05) is 29.8 Å². The smallest absolute Gasteiger partial charge is 0.133 e. The highest BCUT2D eigenvalue weighted by atomic mass is 16.4. The summed E-state index contributed by atoms with van der Waals surface area (Å²) in [5.74, 6) is 1.23. The van der Waals surface area contributed by atoms with E-state index >= 15 is 0 Å². The van der Waals surface area contributed by atoms with E-state index in [9.17, 15) is 5.11 Å². The van der Waals surface area contributed by atoms with Crippen molar-refractivity contribution in [2.24, 2.45) is 5.73 Å². The van der Waals surface area contributed by atoms with Gasteiger partial charge in [0.25, 0.3) is 0 Å². The second kappa shape index (κ2) is 5.38. The number of aryl methyl sites for hydroxylation is 2. The molecular weight excluding hydrogens is 226 g/mol. The normalized spacial score (nSPS) is 14.4. The first-order valence-electron chi connectivity index (χ1n) is 6.13. The molecule has 0 radical (unpaired) electrons. The Kier molecular flexibility index (Phi) is 3.84. The van der Waals surface area contributed by atoms with Gasteiger partial charge in [0.1, 0.15) is 17.6 Å². The van der Waals surface area contributed by atoms with Crippen LogP contribution < -0.4 is 5.73 Å². The van der Waals surface area contributed by atoms with Gasteiger partial charge in [-0.2, -0.15) is 0 Å². The molecule has 0 aliphatic rings. The maximum atomic E-state index is 10.4. The lowest BCUT2D eigenvalue weighted by atomic mass is 9.91. The minimum Gasteiger partial charge on any atom is -0.464 e. The third-order valence-electron chi connectivity index (χ3n) is 3.16. The zero-order valence-corrected chi connectivity index (χ0v) is 10.8. The number of hydrogen-bond donors (Lipinski definition) is 2. The first-order valence-corrected chi connectivity index (χ1v) is 6.13. The van der Waals surface area contributed by atoms with Crippen molar-refractivity contribution < 1.29 is 9.52 Å². The van der Waals surface area contributed by atoms with E-state index in [1.54, 1.807) is 6.07 Å². The monoisotopic (exact) mass is 245 g/mol. The molecule has 2 aromatic rings. The lowest BCUT2D eigenvalue weighted by molar-refractivity contribution is 0.121. The molecule has 0 fully saturated rings. The van der Waals surface area contributed by atoms with Crippen LogP contribution in [-0.2, 0) is 0 Å². The Morgan fingerprint density at radius 3 is 2.56 bits per heavy atom. The van der Waals surface area contributed by atoms with Gasteiger partial charge in [-0.15, -0.1) is 0 Å². The van der Waals surface area contributed by atoms with Crippen LogP contribution >= 0.6 is 0 Å². The number of rotatable bonds is 4. The highest BCUT2D eigenvalue weighted by Gasteiger charge is 2.24. The molecule has 2 rings (SSSR count). The summed E-state index contributed by atoms with van der Waals surface area (Å²) in [4.78, 5) is 0. The first-order chi connectivity index (χ1) is 8.61. The lowest BCUT2D eigenvalue weighted by Gasteiger charge is -2.20. The van der Waals surface area contributed by atoms with Crippen LogP contribution in [0.3, 0.4) is 0 Å². The Morgan fingerprint density at radius 2 is 2.00 bits per heavy atom. The molecule has 1 aromatic carbocycles. The minimum absolute atomic E-state index is 0.143. The fourth-order valence-corrected chi connectivity index (χ4v) is 2.16. The minimum atomic E-state index is -0.703. The number of furan rings is 1. The lowest BCUT2D eigenvalue weighted by Crippen LogP contribution is -2.20. The SMILES string of the molecule is Cc1cccc(C(CN)C(O)c2ccc(C)o2)c1. The van der Waals surface area contributed by atoms with E-state index in [4.69, 9.17) is 10.2 Å². The summed E-state index contributed by atoms with van der Waals surface area (Å²) in [6.07, 6.45) is -0.703. The molecule has 1 aromatic heterocycles. The average molecular weight is 245 g/mol. The number of hydrogen-bond acceptors (Lipinski definition) is 3. The standard InChI is InChI=1S/C15H19NO2/c1-10-4-3-5-12(8-10)13(9-16)15(17)14-7-6-11(2)18-14/h3-8,13,15,17H,9,16H2,1-2H3. The molecule has 96 valence electrons. The van der Waals surface area contributed by atoms with Crippen LogP contribution in [0.4, 0.5) is 0 Å². The maximum Gasteiger partial charge on any atom is 0.133 e. The van der Waals surface area contributed by atoms with Gasteiger partial charge in [0, 0.05) is 12.5 Å². The molecular formula is C15H19NO2. The second-order valence-corrected chi connectivity index (χ2v) is 4.65. The molecule has 0 aliphatic heterocycles. The van der Waals surface area contributed by atoms with E-state index < -0.39 is 6.10 Å². The zero-order valence-electron chi connectivity index (χ0n) is 10.8. The van der Waals surface area contributed by atoms with Crippen LogP contribution in [0.15, 0.2) is 40.8 Å². The quantitative estimate of drug-likeness (QED) is 0.870. The molecule has 2 unspecified atom stereocenters. The maximum absolute atomic E-state index is 10.4. The van der Waals surface area contributed by atoms with Crippen molar-refractivity contribution in [2.45, 2.75) is 25.9 Å². The van der Waals surface area contributed by atoms with Crippen molar-refractivity contribution in [2.75, 3.05) is 6.54 Å². The van der Waals surface area contributed by atoms with Crippen molar-refractivity contribution in [3.8, 4) is 0 Å². The van der Waals surface area contributed by atoms with Gasteiger partial charge in [-0.25, -0.2) is 0 Å². The topological polar surface area (TPSA) is 59.4 Å². The molecule has 0 saturated heterocycles. The Bertz CT molecular complexity index is 519. The third-order valence-corrected chi connectivity index (χ3v) is 3.16. The number of aliphatic hydroxyl groups is 1. The summed E-state index contributed by atoms with van der Waals surface area (Å²) in [5.41, 5.74) is 8.00. The molecule has 0 spiro atoms. The van der Waals surface area contributed by atoms with Crippen molar-refractivity contribution in [3.05, 3.63) is 59.0 Å². The van der Waals surface area contributed by atoms with Gasteiger partial charge >= 0.3 is 0 Å². The van der Waals surface area contributed by atoms with E-state index in [-0.39, 0.29) is 5.92 Å². The van der Waals surface area contributed by atoms with Crippen LogP contribution in [0.1, 0.15) is 34.7 Å². The van der Waals surface area contributed by atoms with Gasteiger partial charge < -0.3 is 15.3 Å². The Balaban J connectivity index is 2.28. The van der Waals surface area contributed by atoms with Crippen LogP contribution in [0.5, 0.6) is 0 Å². The summed E-state index contributed by atoms with van der Waals surface area (Å²) in [6.45, 7) is 4.27. The van der Waals surface area contributed by atoms with E-state index in [1.807, 2.05) is 38.1 Å². The van der Waals surface area contributed by atoms with Crippen molar-refractivity contribution in [3.63, 3.8) is 0 Å². The highest BCUT2D eigenvalue weighted by molar-refractivity contribution is 5.28. The van der Waals surface area contributed by atoms with Crippen LogP contribution in [0, 0.1) is 13.8 Å². The molecule has 0 amide bonds. The highest BCUT2D eigenvalue weighted by Crippen LogP contribution is 2.31. The van der Waals surface area contributed by atoms with E-state index in [0.717, 1.165) is 16.9 Å². The van der Waals surface area contributed by atoms with Gasteiger partial charge in [0.05, 0.1) is 0 Å². The molecule has 0 aliphatic carbocycles. The van der Waals surface area contributed by atoms with E-state index in [2.05, 4.69) is 6.07 Å². The number of benzene rings is 1. The van der Waals surface area contributed by atoms with Crippen LogP contribution in [-0.4, -0.2) is 11.7 Å². The molecule has 1 heterocycles. The van der Waals surface area contributed by atoms with Crippen LogP contribution in [0.2, 0.25) is 0 Å². The summed E-state index contributed by atoms with van der Waals surface area (Å²) >= 11 is 0. The Morgan fingerprint density at radius 1 is 1.22 bits per heavy atom. The predicted molar refractivity (Wildman–Crippen MR) is 71.4 cm³/mol. The molecule has 0 saturated carbocycles. The van der Waals surface area contributed by atoms with Crippen molar-refractivity contribution in [1.29, 1.82) is 0 Å². The Labute approximate surface area is 107 Å². The van der Waals surface area contributed by atoms with Crippen LogP contribution in [0.25, 0.3) is 0 Å². The first kappa shape index (κ1) is 12.9. The molecule has 3 heteroatoms. The van der Waals surface area contributed by atoms with Gasteiger partial charge in [-0.05, 0) is 31.5 Å². The van der Waals surface area contributed by atoms with Gasteiger partial charge in [-0.3, -0.25) is 0 Å². The second-order valence-electron chi connectivity index (χ2n) is 4.65. The fourth-order valence-electron chi connectivity index (χ4n) is 2.16.